The molecule has 1 saturated heterocycles. The first-order chi connectivity index (χ1) is 7.54. The van der Waals surface area contributed by atoms with Crippen LogP contribution in [0.25, 0.3) is 0 Å². The number of rotatable bonds is 2. The van der Waals surface area contributed by atoms with E-state index in [0.29, 0.717) is 19.6 Å². The standard InChI is InChI=1S/C10H14O6/c11-8(12)6-1-2-10(15-3-4-16-10)5-7(6)9(13)14/h6-7H,1-5H2,(H,11,12)(H,13,14)/t6-,7-/m1/s1. The topological polar surface area (TPSA) is 93.1 Å². The molecule has 0 aromatic carbocycles. The molecule has 1 aliphatic heterocycles. The average molecular weight is 230 g/mol. The van der Waals surface area contributed by atoms with Gasteiger partial charge in [-0.3, -0.25) is 9.59 Å². The number of hydrogen-bond acceptors (Lipinski definition) is 4. The van der Waals surface area contributed by atoms with Crippen LogP contribution in [0.1, 0.15) is 19.3 Å². The van der Waals surface area contributed by atoms with Gasteiger partial charge in [0.25, 0.3) is 0 Å². The Bertz CT molecular complexity index is 306. The third-order valence-corrected chi connectivity index (χ3v) is 3.30. The predicted molar refractivity (Wildman–Crippen MR) is 50.7 cm³/mol. The Hall–Kier alpha value is -1.14. The normalized spacial score (nSPS) is 32.8. The second-order valence-electron chi connectivity index (χ2n) is 4.24. The van der Waals surface area contributed by atoms with Crippen molar-refractivity contribution in [1.82, 2.24) is 0 Å². The van der Waals surface area contributed by atoms with Crippen LogP contribution in [0.15, 0.2) is 0 Å². The summed E-state index contributed by atoms with van der Waals surface area (Å²) in [4.78, 5) is 22.0. The van der Waals surface area contributed by atoms with E-state index in [2.05, 4.69) is 0 Å². The Labute approximate surface area is 92.2 Å². The molecule has 0 unspecified atom stereocenters. The molecule has 0 bridgehead atoms. The lowest BCUT2D eigenvalue weighted by Crippen LogP contribution is -2.45. The van der Waals surface area contributed by atoms with Gasteiger partial charge in [-0.05, 0) is 6.42 Å². The Morgan fingerprint density at radius 1 is 1.06 bits per heavy atom. The van der Waals surface area contributed by atoms with E-state index in [1.165, 1.54) is 0 Å². The van der Waals surface area contributed by atoms with Crippen LogP contribution in [0.5, 0.6) is 0 Å². The van der Waals surface area contributed by atoms with Crippen molar-refractivity contribution in [2.24, 2.45) is 11.8 Å². The van der Waals surface area contributed by atoms with Gasteiger partial charge in [-0.25, -0.2) is 0 Å². The molecule has 90 valence electrons. The predicted octanol–water partition coefficient (Wildman–Crippen LogP) is 0.315. The highest BCUT2D eigenvalue weighted by Crippen LogP contribution is 2.41. The fourth-order valence-corrected chi connectivity index (χ4v) is 2.47. The molecule has 0 amide bonds. The molecule has 2 fully saturated rings. The van der Waals surface area contributed by atoms with E-state index >= 15 is 0 Å². The maximum Gasteiger partial charge on any atom is 0.307 e. The van der Waals surface area contributed by atoms with Crippen LogP contribution in [0, 0.1) is 11.8 Å². The van der Waals surface area contributed by atoms with Crippen LogP contribution < -0.4 is 0 Å². The van der Waals surface area contributed by atoms with Crippen LogP contribution in [0.3, 0.4) is 0 Å². The molecule has 1 spiro atoms. The fraction of sp³-hybridized carbons (Fsp3) is 0.800. The summed E-state index contributed by atoms with van der Waals surface area (Å²) in [6.07, 6.45) is 0.860. The van der Waals surface area contributed by atoms with Gasteiger partial charge in [0.15, 0.2) is 5.79 Å². The van der Waals surface area contributed by atoms with Gasteiger partial charge >= 0.3 is 11.9 Å². The summed E-state index contributed by atoms with van der Waals surface area (Å²) in [5.74, 6) is -4.76. The molecular formula is C10H14O6. The molecular weight excluding hydrogens is 216 g/mol. The van der Waals surface area contributed by atoms with Gasteiger partial charge < -0.3 is 19.7 Å². The summed E-state index contributed by atoms with van der Waals surface area (Å²) in [5.41, 5.74) is 0. The minimum Gasteiger partial charge on any atom is -0.481 e. The number of carboxylic acid groups (broad SMARTS) is 2. The summed E-state index contributed by atoms with van der Waals surface area (Å²) in [7, 11) is 0. The van der Waals surface area contributed by atoms with Crippen LogP contribution >= 0.6 is 0 Å². The molecule has 6 heteroatoms. The number of ether oxygens (including phenoxy) is 2. The van der Waals surface area contributed by atoms with Crippen molar-refractivity contribution < 1.29 is 29.3 Å². The third-order valence-electron chi connectivity index (χ3n) is 3.30. The van der Waals surface area contributed by atoms with Crippen molar-refractivity contribution in [2.45, 2.75) is 25.0 Å². The van der Waals surface area contributed by atoms with Crippen LogP contribution in [-0.4, -0.2) is 41.2 Å². The molecule has 16 heavy (non-hydrogen) atoms. The highest BCUT2D eigenvalue weighted by atomic mass is 16.7. The highest BCUT2D eigenvalue weighted by Gasteiger charge is 2.49. The lowest BCUT2D eigenvalue weighted by molar-refractivity contribution is -0.204. The zero-order chi connectivity index (χ0) is 11.8. The zero-order valence-electron chi connectivity index (χ0n) is 8.72. The van der Waals surface area contributed by atoms with E-state index in [9.17, 15) is 9.59 Å². The molecule has 0 radical (unpaired) electrons. The fourth-order valence-electron chi connectivity index (χ4n) is 2.47. The maximum absolute atomic E-state index is 11.0. The quantitative estimate of drug-likeness (QED) is 0.709. The van der Waals surface area contributed by atoms with E-state index in [1.54, 1.807) is 0 Å². The van der Waals surface area contributed by atoms with Gasteiger partial charge in [-0.2, -0.15) is 0 Å². The molecule has 1 aliphatic carbocycles. The monoisotopic (exact) mass is 230 g/mol. The lowest BCUT2D eigenvalue weighted by atomic mass is 9.76. The largest absolute Gasteiger partial charge is 0.481 e. The summed E-state index contributed by atoms with van der Waals surface area (Å²) in [6, 6.07) is 0. The van der Waals surface area contributed by atoms with E-state index in [-0.39, 0.29) is 12.8 Å². The Kier molecular flexibility index (Phi) is 2.86. The maximum atomic E-state index is 11.0. The second-order valence-corrected chi connectivity index (χ2v) is 4.24. The van der Waals surface area contributed by atoms with Crippen molar-refractivity contribution in [3.63, 3.8) is 0 Å². The molecule has 2 N–H and O–H groups in total. The Balaban J connectivity index is 2.14. The van der Waals surface area contributed by atoms with E-state index in [4.69, 9.17) is 19.7 Å². The zero-order valence-corrected chi connectivity index (χ0v) is 8.72. The van der Waals surface area contributed by atoms with Gasteiger partial charge in [0, 0.05) is 12.8 Å². The minimum absolute atomic E-state index is 0.124. The van der Waals surface area contributed by atoms with Crippen molar-refractivity contribution in [3.05, 3.63) is 0 Å². The average Bonchev–Trinajstić information content (AvgIpc) is 2.66. The van der Waals surface area contributed by atoms with Crippen LogP contribution in [0.2, 0.25) is 0 Å². The highest BCUT2D eigenvalue weighted by molar-refractivity contribution is 5.80. The molecule has 0 aromatic heterocycles. The number of carbonyl (C=O) groups is 2. The molecule has 2 rings (SSSR count). The van der Waals surface area contributed by atoms with Crippen molar-refractivity contribution in [1.29, 1.82) is 0 Å². The smallest absolute Gasteiger partial charge is 0.307 e. The summed E-state index contributed by atoms with van der Waals surface area (Å²) in [6.45, 7) is 0.897. The van der Waals surface area contributed by atoms with Crippen molar-refractivity contribution in [3.8, 4) is 0 Å². The van der Waals surface area contributed by atoms with Gasteiger partial charge in [-0.15, -0.1) is 0 Å². The number of aliphatic carboxylic acids is 2. The minimum atomic E-state index is -1.09. The lowest BCUT2D eigenvalue weighted by Gasteiger charge is -2.37. The molecule has 2 aliphatic rings. The third kappa shape index (κ3) is 1.90. The Morgan fingerprint density at radius 2 is 1.62 bits per heavy atom. The van der Waals surface area contributed by atoms with Crippen LogP contribution in [-0.2, 0) is 19.1 Å². The van der Waals surface area contributed by atoms with E-state index in [0.717, 1.165) is 0 Å². The van der Waals surface area contributed by atoms with Gasteiger partial charge in [0.2, 0.25) is 0 Å². The SMILES string of the molecule is O=C(O)[C@@H]1CCC2(C[C@H]1C(=O)O)OCCO2. The molecule has 1 heterocycles. The van der Waals surface area contributed by atoms with Gasteiger partial charge in [-0.1, -0.05) is 0 Å². The second kappa shape index (κ2) is 4.03. The summed E-state index contributed by atoms with van der Waals surface area (Å²) < 4.78 is 10.8. The summed E-state index contributed by atoms with van der Waals surface area (Å²) in [5, 5.41) is 18.0. The summed E-state index contributed by atoms with van der Waals surface area (Å²) >= 11 is 0. The molecule has 2 atom stereocenters. The first kappa shape index (κ1) is 11.3. The molecule has 6 nitrogen and oxygen atoms in total. The molecule has 0 aromatic rings. The van der Waals surface area contributed by atoms with Crippen molar-refractivity contribution >= 4 is 11.9 Å². The van der Waals surface area contributed by atoms with Gasteiger partial charge in [0.05, 0.1) is 25.0 Å². The first-order valence-corrected chi connectivity index (χ1v) is 5.28. The molecule has 1 saturated carbocycles. The van der Waals surface area contributed by atoms with Crippen LogP contribution in [0.4, 0.5) is 0 Å². The van der Waals surface area contributed by atoms with Crippen molar-refractivity contribution in [2.75, 3.05) is 13.2 Å². The number of hydrogen-bond donors (Lipinski definition) is 2. The van der Waals surface area contributed by atoms with E-state index in [1.807, 2.05) is 0 Å². The Morgan fingerprint density at radius 3 is 2.12 bits per heavy atom. The first-order valence-electron chi connectivity index (χ1n) is 5.28. The van der Waals surface area contributed by atoms with E-state index < -0.39 is 29.6 Å². The number of carboxylic acids is 2. The van der Waals surface area contributed by atoms with Gasteiger partial charge in [0.1, 0.15) is 0 Å².